The van der Waals surface area contributed by atoms with Crippen molar-refractivity contribution in [2.24, 2.45) is 0 Å². The van der Waals surface area contributed by atoms with Gasteiger partial charge in [-0.15, -0.1) is 0 Å². The molecule has 0 aromatic heterocycles. The standard InChI is InChI=1S/C12H16N2O/c1-2-6-10-9-12(15)14(13-10)11-7-4-3-5-8-11/h3-5,7-8,10,13H,2,6,9H2,1H3. The zero-order valence-corrected chi connectivity index (χ0v) is 8.94. The molecule has 0 aliphatic carbocycles. The molecule has 80 valence electrons. The van der Waals surface area contributed by atoms with Gasteiger partial charge < -0.3 is 0 Å². The predicted octanol–water partition coefficient (Wildman–Crippen LogP) is 2.10. The first-order valence-corrected chi connectivity index (χ1v) is 5.45. The fourth-order valence-electron chi connectivity index (χ4n) is 1.91. The monoisotopic (exact) mass is 204 g/mol. The van der Waals surface area contributed by atoms with Crippen LogP contribution in [0.1, 0.15) is 26.2 Å². The Labute approximate surface area is 90.1 Å². The van der Waals surface area contributed by atoms with E-state index in [-0.39, 0.29) is 5.91 Å². The summed E-state index contributed by atoms with van der Waals surface area (Å²) in [4.78, 5) is 11.7. The summed E-state index contributed by atoms with van der Waals surface area (Å²) in [6, 6.07) is 10.0. The van der Waals surface area contributed by atoms with Crippen LogP contribution in [0.3, 0.4) is 0 Å². The molecule has 3 heteroatoms. The highest BCUT2D eigenvalue weighted by molar-refractivity contribution is 5.94. The normalized spacial score (nSPS) is 21.0. The summed E-state index contributed by atoms with van der Waals surface area (Å²) >= 11 is 0. The van der Waals surface area contributed by atoms with Crippen LogP contribution in [-0.2, 0) is 4.79 Å². The largest absolute Gasteiger partial charge is 0.273 e. The minimum Gasteiger partial charge on any atom is -0.273 e. The topological polar surface area (TPSA) is 32.3 Å². The van der Waals surface area contributed by atoms with Gasteiger partial charge in [0.15, 0.2) is 0 Å². The quantitative estimate of drug-likeness (QED) is 0.817. The van der Waals surface area contributed by atoms with Crippen molar-refractivity contribution in [2.45, 2.75) is 32.2 Å². The number of benzene rings is 1. The third kappa shape index (κ3) is 2.18. The number of nitrogens with zero attached hydrogens (tertiary/aromatic N) is 1. The van der Waals surface area contributed by atoms with E-state index in [1.54, 1.807) is 5.01 Å². The van der Waals surface area contributed by atoms with Crippen molar-refractivity contribution >= 4 is 11.6 Å². The lowest BCUT2D eigenvalue weighted by atomic mass is 10.1. The molecule has 1 aromatic carbocycles. The minimum absolute atomic E-state index is 0.166. The number of carbonyl (C=O) groups excluding carboxylic acids is 1. The average molecular weight is 204 g/mol. The number of anilines is 1. The molecule has 3 nitrogen and oxygen atoms in total. The number of hydrogen-bond acceptors (Lipinski definition) is 2. The zero-order valence-electron chi connectivity index (χ0n) is 8.94. The number of carbonyl (C=O) groups is 1. The van der Waals surface area contributed by atoms with Crippen LogP contribution in [-0.4, -0.2) is 11.9 Å². The van der Waals surface area contributed by atoms with Crippen molar-refractivity contribution < 1.29 is 4.79 Å². The van der Waals surface area contributed by atoms with E-state index in [9.17, 15) is 4.79 Å². The first kappa shape index (κ1) is 10.2. The second kappa shape index (κ2) is 4.45. The Bertz CT molecular complexity index is 337. The predicted molar refractivity (Wildman–Crippen MR) is 60.4 cm³/mol. The van der Waals surface area contributed by atoms with Crippen LogP contribution in [0.4, 0.5) is 5.69 Å². The van der Waals surface area contributed by atoms with E-state index in [1.807, 2.05) is 30.3 Å². The zero-order chi connectivity index (χ0) is 10.7. The molecule has 1 aliphatic heterocycles. The molecule has 0 spiro atoms. The van der Waals surface area contributed by atoms with E-state index in [4.69, 9.17) is 0 Å². The molecule has 15 heavy (non-hydrogen) atoms. The molecular formula is C12H16N2O. The van der Waals surface area contributed by atoms with Gasteiger partial charge in [0.1, 0.15) is 0 Å². The lowest BCUT2D eigenvalue weighted by Crippen LogP contribution is -2.37. The van der Waals surface area contributed by atoms with Crippen molar-refractivity contribution in [1.29, 1.82) is 0 Å². The smallest absolute Gasteiger partial charge is 0.243 e. The average Bonchev–Trinajstić information content (AvgIpc) is 2.61. The summed E-state index contributed by atoms with van der Waals surface area (Å²) in [6.07, 6.45) is 2.77. The van der Waals surface area contributed by atoms with Crippen molar-refractivity contribution in [3.8, 4) is 0 Å². The fraction of sp³-hybridized carbons (Fsp3) is 0.417. The first-order chi connectivity index (χ1) is 7.31. The van der Waals surface area contributed by atoms with Gasteiger partial charge in [0.05, 0.1) is 5.69 Å². The van der Waals surface area contributed by atoms with Crippen LogP contribution in [0.2, 0.25) is 0 Å². The van der Waals surface area contributed by atoms with Gasteiger partial charge in [0.25, 0.3) is 0 Å². The van der Waals surface area contributed by atoms with Gasteiger partial charge in [-0.1, -0.05) is 31.5 Å². The number of amides is 1. The lowest BCUT2D eigenvalue weighted by Gasteiger charge is -2.17. The van der Waals surface area contributed by atoms with E-state index in [1.165, 1.54) is 0 Å². The second-order valence-corrected chi connectivity index (χ2v) is 3.88. The van der Waals surface area contributed by atoms with E-state index >= 15 is 0 Å². The lowest BCUT2D eigenvalue weighted by molar-refractivity contribution is -0.117. The number of rotatable bonds is 3. The number of para-hydroxylation sites is 1. The second-order valence-electron chi connectivity index (χ2n) is 3.88. The highest BCUT2D eigenvalue weighted by Gasteiger charge is 2.29. The van der Waals surface area contributed by atoms with E-state index in [2.05, 4.69) is 12.3 Å². The van der Waals surface area contributed by atoms with Crippen molar-refractivity contribution in [3.63, 3.8) is 0 Å². The van der Waals surface area contributed by atoms with Gasteiger partial charge in [-0.3, -0.25) is 4.79 Å². The third-order valence-electron chi connectivity index (χ3n) is 2.63. The molecule has 0 saturated carbocycles. The van der Waals surface area contributed by atoms with Crippen LogP contribution in [0.25, 0.3) is 0 Å². The molecule has 1 fully saturated rings. The summed E-state index contributed by atoms with van der Waals surface area (Å²) in [5.41, 5.74) is 4.17. The fourth-order valence-corrected chi connectivity index (χ4v) is 1.91. The van der Waals surface area contributed by atoms with Crippen molar-refractivity contribution in [2.75, 3.05) is 5.01 Å². The Hall–Kier alpha value is -1.35. The highest BCUT2D eigenvalue weighted by Crippen LogP contribution is 2.19. The van der Waals surface area contributed by atoms with Crippen molar-refractivity contribution in [3.05, 3.63) is 30.3 Å². The Morgan fingerprint density at radius 3 is 2.80 bits per heavy atom. The maximum Gasteiger partial charge on any atom is 0.243 e. The Balaban J connectivity index is 2.09. The van der Waals surface area contributed by atoms with Gasteiger partial charge in [-0.05, 0) is 18.6 Å². The van der Waals surface area contributed by atoms with E-state index in [0.29, 0.717) is 12.5 Å². The molecule has 1 aromatic rings. The van der Waals surface area contributed by atoms with Gasteiger partial charge >= 0.3 is 0 Å². The van der Waals surface area contributed by atoms with Crippen LogP contribution in [0.5, 0.6) is 0 Å². The van der Waals surface area contributed by atoms with Gasteiger partial charge in [-0.25, -0.2) is 10.4 Å². The minimum atomic E-state index is 0.166. The molecule has 1 amide bonds. The Morgan fingerprint density at radius 1 is 1.40 bits per heavy atom. The highest BCUT2D eigenvalue weighted by atomic mass is 16.2. The van der Waals surface area contributed by atoms with E-state index in [0.717, 1.165) is 18.5 Å². The summed E-state index contributed by atoms with van der Waals surface area (Å²) < 4.78 is 0. The summed E-state index contributed by atoms with van der Waals surface area (Å²) in [6.45, 7) is 2.14. The SMILES string of the molecule is CCCC1CC(=O)N(c2ccccc2)N1. The van der Waals surface area contributed by atoms with Crippen LogP contribution >= 0.6 is 0 Å². The number of hydrazine groups is 1. The summed E-state index contributed by atoms with van der Waals surface area (Å²) in [5.74, 6) is 0.166. The number of hydrogen-bond donors (Lipinski definition) is 1. The molecular weight excluding hydrogens is 188 g/mol. The van der Waals surface area contributed by atoms with Crippen LogP contribution in [0.15, 0.2) is 30.3 Å². The molecule has 0 bridgehead atoms. The summed E-state index contributed by atoms with van der Waals surface area (Å²) in [7, 11) is 0. The van der Waals surface area contributed by atoms with Crippen LogP contribution < -0.4 is 10.4 Å². The Morgan fingerprint density at radius 2 is 2.13 bits per heavy atom. The summed E-state index contributed by atoms with van der Waals surface area (Å²) in [5, 5.41) is 1.67. The van der Waals surface area contributed by atoms with Gasteiger partial charge in [0.2, 0.25) is 5.91 Å². The maximum absolute atomic E-state index is 11.7. The molecule has 2 rings (SSSR count). The van der Waals surface area contributed by atoms with E-state index < -0.39 is 0 Å². The molecule has 0 radical (unpaired) electrons. The number of nitrogens with one attached hydrogen (secondary N) is 1. The molecule has 1 saturated heterocycles. The van der Waals surface area contributed by atoms with Gasteiger partial charge in [-0.2, -0.15) is 0 Å². The molecule has 1 heterocycles. The molecule has 1 unspecified atom stereocenters. The molecule has 1 atom stereocenters. The third-order valence-corrected chi connectivity index (χ3v) is 2.63. The Kier molecular flexibility index (Phi) is 3.02. The van der Waals surface area contributed by atoms with Gasteiger partial charge in [0, 0.05) is 12.5 Å². The molecule has 1 N–H and O–H groups in total. The maximum atomic E-state index is 11.7. The molecule has 1 aliphatic rings. The van der Waals surface area contributed by atoms with Crippen LogP contribution in [0, 0.1) is 0 Å². The first-order valence-electron chi connectivity index (χ1n) is 5.45. The van der Waals surface area contributed by atoms with Crippen molar-refractivity contribution in [1.82, 2.24) is 5.43 Å².